The highest BCUT2D eigenvalue weighted by Gasteiger charge is 2.25. The van der Waals surface area contributed by atoms with Crippen molar-refractivity contribution in [1.82, 2.24) is 5.32 Å². The minimum Gasteiger partial charge on any atom is -0.348 e. The van der Waals surface area contributed by atoms with E-state index in [0.29, 0.717) is 5.69 Å². The molecule has 2 rings (SSSR count). The van der Waals surface area contributed by atoms with Crippen LogP contribution in [-0.4, -0.2) is 27.1 Å². The monoisotopic (exact) mass is 416 g/mol. The number of rotatable bonds is 7. The molecule has 0 aliphatic carbocycles. The highest BCUT2D eigenvalue weighted by atomic mass is 32.2. The molecule has 6 heteroatoms. The molecular weight excluding hydrogens is 384 g/mol. The third kappa shape index (κ3) is 5.60. The van der Waals surface area contributed by atoms with E-state index in [2.05, 4.69) is 18.3 Å². The Balaban J connectivity index is 2.30. The van der Waals surface area contributed by atoms with E-state index in [0.717, 1.165) is 34.9 Å². The average molecular weight is 417 g/mol. The third-order valence-electron chi connectivity index (χ3n) is 5.25. The maximum absolute atomic E-state index is 12.8. The van der Waals surface area contributed by atoms with Crippen LogP contribution in [0.5, 0.6) is 0 Å². The van der Waals surface area contributed by atoms with Crippen LogP contribution in [0.1, 0.15) is 52.8 Å². The number of hydrogen-bond donors (Lipinski definition) is 1. The van der Waals surface area contributed by atoms with Gasteiger partial charge in [-0.1, -0.05) is 42.8 Å². The summed E-state index contributed by atoms with van der Waals surface area (Å²) in [4.78, 5) is 12.8. The van der Waals surface area contributed by atoms with Crippen LogP contribution in [0.15, 0.2) is 30.3 Å². The molecule has 158 valence electrons. The molecule has 0 radical (unpaired) electrons. The minimum atomic E-state index is -3.62. The number of nitrogens with one attached hydrogen (secondary N) is 1. The standard InChI is InChI=1S/C23H32N2O3S/c1-8-21(20-10-9-16(3)17(4)13-20)24-22(26)14-25(29(7,27)28)23-18(5)11-15(2)12-19(23)6/h9-13,21H,8,14H2,1-7H3,(H,24,26). The van der Waals surface area contributed by atoms with Crippen molar-refractivity contribution in [2.24, 2.45) is 0 Å². The smallest absolute Gasteiger partial charge is 0.241 e. The number of hydrogen-bond acceptors (Lipinski definition) is 3. The Morgan fingerprint density at radius 1 is 0.966 bits per heavy atom. The summed E-state index contributed by atoms with van der Waals surface area (Å²) in [5.41, 5.74) is 6.69. The molecule has 5 nitrogen and oxygen atoms in total. The zero-order valence-electron chi connectivity index (χ0n) is 18.5. The second-order valence-electron chi connectivity index (χ2n) is 7.89. The Kier molecular flexibility index (Phi) is 7.11. The summed E-state index contributed by atoms with van der Waals surface area (Å²) in [5.74, 6) is -0.320. The van der Waals surface area contributed by atoms with Crippen molar-refractivity contribution in [2.75, 3.05) is 17.1 Å². The van der Waals surface area contributed by atoms with Crippen LogP contribution in [-0.2, 0) is 14.8 Å². The Morgan fingerprint density at radius 2 is 1.55 bits per heavy atom. The number of aryl methyl sites for hydroxylation is 5. The van der Waals surface area contributed by atoms with Crippen molar-refractivity contribution in [1.29, 1.82) is 0 Å². The molecule has 0 aromatic heterocycles. The van der Waals surface area contributed by atoms with Gasteiger partial charge in [-0.2, -0.15) is 0 Å². The summed E-state index contributed by atoms with van der Waals surface area (Å²) in [6.07, 6.45) is 1.86. The number of carbonyl (C=O) groups is 1. The van der Waals surface area contributed by atoms with Crippen LogP contribution in [0.25, 0.3) is 0 Å². The van der Waals surface area contributed by atoms with Gasteiger partial charge in [0.2, 0.25) is 15.9 Å². The van der Waals surface area contributed by atoms with Gasteiger partial charge in [0.15, 0.2) is 0 Å². The van der Waals surface area contributed by atoms with Crippen molar-refractivity contribution < 1.29 is 13.2 Å². The predicted octanol–water partition coefficient (Wildman–Crippen LogP) is 4.26. The summed E-state index contributed by atoms with van der Waals surface area (Å²) >= 11 is 0. The lowest BCUT2D eigenvalue weighted by Gasteiger charge is -2.27. The zero-order valence-corrected chi connectivity index (χ0v) is 19.3. The zero-order chi connectivity index (χ0) is 21.9. The fraction of sp³-hybridized carbons (Fsp3) is 0.435. The van der Waals surface area contributed by atoms with Gasteiger partial charge >= 0.3 is 0 Å². The summed E-state index contributed by atoms with van der Waals surface area (Å²) in [6, 6.07) is 9.83. The van der Waals surface area contributed by atoms with Gasteiger partial charge in [-0.3, -0.25) is 9.10 Å². The maximum atomic E-state index is 12.8. The van der Waals surface area contributed by atoms with Crippen LogP contribution in [0.2, 0.25) is 0 Å². The van der Waals surface area contributed by atoms with Crippen LogP contribution < -0.4 is 9.62 Å². The Morgan fingerprint density at radius 3 is 2.03 bits per heavy atom. The topological polar surface area (TPSA) is 66.5 Å². The van der Waals surface area contributed by atoms with Gasteiger partial charge in [0.05, 0.1) is 18.0 Å². The largest absolute Gasteiger partial charge is 0.348 e. The number of amides is 1. The molecule has 0 saturated heterocycles. The molecule has 0 heterocycles. The van der Waals surface area contributed by atoms with E-state index in [1.807, 2.05) is 58.9 Å². The normalized spacial score (nSPS) is 12.5. The van der Waals surface area contributed by atoms with Crippen molar-refractivity contribution >= 4 is 21.6 Å². The first-order chi connectivity index (χ1) is 13.4. The lowest BCUT2D eigenvalue weighted by atomic mass is 9.99. The van der Waals surface area contributed by atoms with Crippen molar-refractivity contribution in [3.05, 3.63) is 63.7 Å². The third-order valence-corrected chi connectivity index (χ3v) is 6.36. The van der Waals surface area contributed by atoms with E-state index in [4.69, 9.17) is 0 Å². The number of benzene rings is 2. The highest BCUT2D eigenvalue weighted by Crippen LogP contribution is 2.28. The lowest BCUT2D eigenvalue weighted by molar-refractivity contribution is -0.120. The number of sulfonamides is 1. The van der Waals surface area contributed by atoms with E-state index in [9.17, 15) is 13.2 Å². The summed E-state index contributed by atoms with van der Waals surface area (Å²) < 4.78 is 26.2. The van der Waals surface area contributed by atoms with Crippen LogP contribution >= 0.6 is 0 Å². The SMILES string of the molecule is CCC(NC(=O)CN(c1c(C)cc(C)cc1C)S(C)(=O)=O)c1ccc(C)c(C)c1. The minimum absolute atomic E-state index is 0.163. The Bertz CT molecular complexity index is 990. The highest BCUT2D eigenvalue weighted by molar-refractivity contribution is 7.92. The summed E-state index contributed by atoms with van der Waals surface area (Å²) in [6.45, 7) is 11.6. The average Bonchev–Trinajstić information content (AvgIpc) is 2.59. The first kappa shape index (κ1) is 22.9. The Hall–Kier alpha value is -2.34. The molecule has 1 amide bonds. The molecule has 0 spiro atoms. The van der Waals surface area contributed by atoms with Crippen molar-refractivity contribution in [2.45, 2.75) is 54.0 Å². The van der Waals surface area contributed by atoms with Crippen molar-refractivity contribution in [3.63, 3.8) is 0 Å². The second-order valence-corrected chi connectivity index (χ2v) is 9.80. The van der Waals surface area contributed by atoms with Gasteiger partial charge < -0.3 is 5.32 Å². The first-order valence-electron chi connectivity index (χ1n) is 9.86. The predicted molar refractivity (Wildman–Crippen MR) is 120 cm³/mol. The molecule has 1 N–H and O–H groups in total. The van der Waals surface area contributed by atoms with Crippen LogP contribution in [0.3, 0.4) is 0 Å². The second kappa shape index (κ2) is 8.99. The molecule has 0 bridgehead atoms. The molecular formula is C23H32N2O3S. The molecule has 29 heavy (non-hydrogen) atoms. The Labute approximate surface area is 175 Å². The molecule has 1 atom stereocenters. The van der Waals surface area contributed by atoms with E-state index < -0.39 is 10.0 Å². The van der Waals surface area contributed by atoms with Gasteiger partial charge in [-0.05, 0) is 68.9 Å². The van der Waals surface area contributed by atoms with E-state index in [1.54, 1.807) is 0 Å². The number of nitrogens with zero attached hydrogens (tertiary/aromatic N) is 1. The summed E-state index contributed by atoms with van der Waals surface area (Å²) in [5, 5.41) is 3.01. The van der Waals surface area contributed by atoms with Crippen LogP contribution in [0.4, 0.5) is 5.69 Å². The van der Waals surface area contributed by atoms with E-state index in [1.165, 1.54) is 15.4 Å². The van der Waals surface area contributed by atoms with Gasteiger partial charge in [0.25, 0.3) is 0 Å². The van der Waals surface area contributed by atoms with Gasteiger partial charge in [0, 0.05) is 0 Å². The summed E-state index contributed by atoms with van der Waals surface area (Å²) in [7, 11) is -3.62. The number of anilines is 1. The van der Waals surface area contributed by atoms with Gasteiger partial charge in [-0.25, -0.2) is 8.42 Å². The lowest BCUT2D eigenvalue weighted by Crippen LogP contribution is -2.42. The molecule has 1 unspecified atom stereocenters. The first-order valence-corrected chi connectivity index (χ1v) is 11.7. The molecule has 0 aliphatic heterocycles. The molecule has 0 fully saturated rings. The van der Waals surface area contributed by atoms with Gasteiger partial charge in [-0.15, -0.1) is 0 Å². The van der Waals surface area contributed by atoms with E-state index in [-0.39, 0.29) is 18.5 Å². The molecule has 2 aromatic rings. The van der Waals surface area contributed by atoms with Gasteiger partial charge in [0.1, 0.15) is 6.54 Å². The molecule has 0 saturated carbocycles. The fourth-order valence-corrected chi connectivity index (χ4v) is 4.67. The molecule has 2 aromatic carbocycles. The fourth-order valence-electron chi connectivity index (χ4n) is 3.70. The van der Waals surface area contributed by atoms with Crippen LogP contribution in [0, 0.1) is 34.6 Å². The van der Waals surface area contributed by atoms with E-state index >= 15 is 0 Å². The molecule has 0 aliphatic rings. The number of carbonyl (C=O) groups excluding carboxylic acids is 1. The maximum Gasteiger partial charge on any atom is 0.241 e. The van der Waals surface area contributed by atoms with Crippen molar-refractivity contribution in [3.8, 4) is 0 Å². The quantitative estimate of drug-likeness (QED) is 0.733.